The topological polar surface area (TPSA) is 113 Å². The number of nitrogens with one attached hydrogen (secondary N) is 1. The molecule has 0 aliphatic carbocycles. The van der Waals surface area contributed by atoms with Crippen molar-refractivity contribution in [2.45, 2.75) is 25.3 Å². The number of unbranched alkanes of at least 4 members (excludes halogenated alkanes) is 1. The molecule has 0 spiro atoms. The van der Waals surface area contributed by atoms with E-state index in [1.807, 2.05) is 6.07 Å². The van der Waals surface area contributed by atoms with Gasteiger partial charge in [-0.05, 0) is 31.4 Å². The van der Waals surface area contributed by atoms with Gasteiger partial charge in [0.05, 0.1) is 6.04 Å². The SMILES string of the molecule is CN(CC(=O)O)C(=O)C(N)CCCCNC(=O)c1ccccc1. The van der Waals surface area contributed by atoms with Gasteiger partial charge in [0.2, 0.25) is 5.91 Å². The van der Waals surface area contributed by atoms with E-state index in [0.717, 1.165) is 4.90 Å². The minimum Gasteiger partial charge on any atom is -0.480 e. The zero-order valence-electron chi connectivity index (χ0n) is 13.2. The summed E-state index contributed by atoms with van der Waals surface area (Å²) in [5, 5.41) is 11.4. The lowest BCUT2D eigenvalue weighted by Gasteiger charge is -2.19. The first-order chi connectivity index (χ1) is 10.9. The van der Waals surface area contributed by atoms with Crippen molar-refractivity contribution in [2.24, 2.45) is 5.73 Å². The maximum Gasteiger partial charge on any atom is 0.323 e. The number of benzene rings is 1. The highest BCUT2D eigenvalue weighted by Gasteiger charge is 2.19. The molecule has 7 nitrogen and oxygen atoms in total. The number of aliphatic carboxylic acids is 1. The molecule has 126 valence electrons. The number of carbonyl (C=O) groups is 3. The fourth-order valence-corrected chi connectivity index (χ4v) is 2.07. The van der Waals surface area contributed by atoms with Crippen LogP contribution in [0.4, 0.5) is 0 Å². The maximum absolute atomic E-state index is 11.8. The molecule has 0 aromatic heterocycles. The van der Waals surface area contributed by atoms with Crippen LogP contribution in [0.1, 0.15) is 29.6 Å². The lowest BCUT2D eigenvalue weighted by molar-refractivity contribution is -0.144. The van der Waals surface area contributed by atoms with Crippen molar-refractivity contribution in [3.63, 3.8) is 0 Å². The zero-order valence-corrected chi connectivity index (χ0v) is 13.2. The van der Waals surface area contributed by atoms with Crippen molar-refractivity contribution < 1.29 is 19.5 Å². The summed E-state index contributed by atoms with van der Waals surface area (Å²) in [6.07, 6.45) is 1.81. The second-order valence-electron chi connectivity index (χ2n) is 5.31. The Bertz CT molecular complexity index is 533. The van der Waals surface area contributed by atoms with Crippen LogP contribution in [0.3, 0.4) is 0 Å². The van der Waals surface area contributed by atoms with Gasteiger partial charge in [0.15, 0.2) is 0 Å². The number of likely N-dealkylation sites (N-methyl/N-ethyl adjacent to an activating group) is 1. The van der Waals surface area contributed by atoms with Gasteiger partial charge in [0.25, 0.3) is 5.91 Å². The monoisotopic (exact) mass is 321 g/mol. The predicted molar refractivity (Wildman–Crippen MR) is 85.9 cm³/mol. The van der Waals surface area contributed by atoms with Crippen molar-refractivity contribution >= 4 is 17.8 Å². The van der Waals surface area contributed by atoms with Crippen LogP contribution >= 0.6 is 0 Å². The van der Waals surface area contributed by atoms with Crippen LogP contribution in [0.15, 0.2) is 30.3 Å². The minimum absolute atomic E-state index is 0.132. The van der Waals surface area contributed by atoms with Gasteiger partial charge >= 0.3 is 5.97 Å². The molecule has 0 saturated carbocycles. The summed E-state index contributed by atoms with van der Waals surface area (Å²) >= 11 is 0. The zero-order chi connectivity index (χ0) is 17.2. The molecule has 1 rings (SSSR count). The molecule has 0 aliphatic rings. The highest BCUT2D eigenvalue weighted by Crippen LogP contribution is 2.03. The van der Waals surface area contributed by atoms with E-state index < -0.39 is 12.0 Å². The lowest BCUT2D eigenvalue weighted by Crippen LogP contribution is -2.43. The Morgan fingerprint density at radius 3 is 2.48 bits per heavy atom. The molecule has 1 atom stereocenters. The van der Waals surface area contributed by atoms with Crippen LogP contribution in [0.25, 0.3) is 0 Å². The molecule has 0 aliphatic heterocycles. The Morgan fingerprint density at radius 1 is 1.22 bits per heavy atom. The number of rotatable bonds is 9. The molecule has 0 bridgehead atoms. The largest absolute Gasteiger partial charge is 0.480 e. The van der Waals surface area contributed by atoms with Gasteiger partial charge in [-0.25, -0.2) is 0 Å². The second-order valence-corrected chi connectivity index (χ2v) is 5.31. The van der Waals surface area contributed by atoms with E-state index in [4.69, 9.17) is 10.8 Å². The molecule has 1 aromatic rings. The van der Waals surface area contributed by atoms with Crippen LogP contribution in [0.2, 0.25) is 0 Å². The van der Waals surface area contributed by atoms with E-state index in [2.05, 4.69) is 5.32 Å². The van der Waals surface area contributed by atoms with Crippen LogP contribution in [-0.2, 0) is 9.59 Å². The standard InChI is InChI=1S/C16H23N3O4/c1-19(11-14(20)21)16(23)13(17)9-5-6-10-18-15(22)12-7-3-2-4-8-12/h2-4,7-8,13H,5-6,9-11,17H2,1H3,(H,18,22)(H,20,21). The summed E-state index contributed by atoms with van der Waals surface area (Å²) in [7, 11) is 1.41. The molecule has 0 saturated heterocycles. The van der Waals surface area contributed by atoms with Crippen molar-refractivity contribution in [3.05, 3.63) is 35.9 Å². The van der Waals surface area contributed by atoms with E-state index in [1.54, 1.807) is 24.3 Å². The Hall–Kier alpha value is -2.41. The number of carboxylic acids is 1. The minimum atomic E-state index is -1.07. The van der Waals surface area contributed by atoms with Crippen LogP contribution in [0, 0.1) is 0 Å². The molecular weight excluding hydrogens is 298 g/mol. The van der Waals surface area contributed by atoms with Crippen molar-refractivity contribution in [2.75, 3.05) is 20.1 Å². The summed E-state index contributed by atoms with van der Waals surface area (Å²) in [4.78, 5) is 35.2. The van der Waals surface area contributed by atoms with E-state index in [0.29, 0.717) is 31.4 Å². The fourth-order valence-electron chi connectivity index (χ4n) is 2.07. The Kier molecular flexibility index (Phi) is 7.76. The average Bonchev–Trinajstić information content (AvgIpc) is 2.53. The molecular formula is C16H23N3O4. The van der Waals surface area contributed by atoms with E-state index in [1.165, 1.54) is 7.05 Å². The number of amides is 2. The number of hydrogen-bond acceptors (Lipinski definition) is 4. The average molecular weight is 321 g/mol. The Morgan fingerprint density at radius 2 is 1.87 bits per heavy atom. The summed E-state index contributed by atoms with van der Waals surface area (Å²) in [6.45, 7) is 0.138. The Labute approximate surface area is 135 Å². The highest BCUT2D eigenvalue weighted by molar-refractivity contribution is 5.94. The van der Waals surface area contributed by atoms with Gasteiger partial charge < -0.3 is 21.1 Å². The van der Waals surface area contributed by atoms with E-state index in [9.17, 15) is 14.4 Å². The van der Waals surface area contributed by atoms with Gasteiger partial charge in [0, 0.05) is 19.2 Å². The summed E-state index contributed by atoms with van der Waals surface area (Å²) < 4.78 is 0. The van der Waals surface area contributed by atoms with E-state index >= 15 is 0 Å². The molecule has 0 fully saturated rings. The van der Waals surface area contributed by atoms with Crippen LogP contribution < -0.4 is 11.1 Å². The number of carboxylic acid groups (broad SMARTS) is 1. The molecule has 2 amide bonds. The van der Waals surface area contributed by atoms with E-state index in [-0.39, 0.29) is 18.4 Å². The first-order valence-electron chi connectivity index (χ1n) is 7.47. The third-order valence-electron chi connectivity index (χ3n) is 3.33. The second kappa shape index (κ2) is 9.58. The van der Waals surface area contributed by atoms with Gasteiger partial charge in [0.1, 0.15) is 6.54 Å². The third-order valence-corrected chi connectivity index (χ3v) is 3.33. The summed E-state index contributed by atoms with van der Waals surface area (Å²) in [6, 6.07) is 8.20. The molecule has 1 aromatic carbocycles. The molecule has 0 heterocycles. The van der Waals surface area contributed by atoms with Crippen molar-refractivity contribution in [3.8, 4) is 0 Å². The van der Waals surface area contributed by atoms with Crippen LogP contribution in [0.5, 0.6) is 0 Å². The normalized spacial score (nSPS) is 11.6. The fraction of sp³-hybridized carbons (Fsp3) is 0.438. The maximum atomic E-state index is 11.8. The molecule has 23 heavy (non-hydrogen) atoms. The quantitative estimate of drug-likeness (QED) is 0.572. The Balaban J connectivity index is 2.20. The van der Waals surface area contributed by atoms with Crippen molar-refractivity contribution in [1.82, 2.24) is 10.2 Å². The molecule has 1 unspecified atom stereocenters. The number of nitrogens with two attached hydrogens (primary N) is 1. The number of nitrogens with zero attached hydrogens (tertiary/aromatic N) is 1. The smallest absolute Gasteiger partial charge is 0.323 e. The van der Waals surface area contributed by atoms with Crippen molar-refractivity contribution in [1.29, 1.82) is 0 Å². The van der Waals surface area contributed by atoms with Gasteiger partial charge in [-0.2, -0.15) is 0 Å². The molecule has 4 N–H and O–H groups in total. The number of hydrogen-bond donors (Lipinski definition) is 3. The van der Waals surface area contributed by atoms with Gasteiger partial charge in [-0.1, -0.05) is 18.2 Å². The van der Waals surface area contributed by atoms with Crippen LogP contribution in [-0.4, -0.2) is 54.0 Å². The third kappa shape index (κ3) is 6.92. The first-order valence-corrected chi connectivity index (χ1v) is 7.47. The molecule has 7 heteroatoms. The summed E-state index contributed by atoms with van der Waals surface area (Å²) in [5.41, 5.74) is 6.36. The van der Waals surface area contributed by atoms with Gasteiger partial charge in [-0.15, -0.1) is 0 Å². The molecule has 0 radical (unpaired) electrons. The summed E-state index contributed by atoms with van der Waals surface area (Å²) in [5.74, 6) is -1.59. The first kappa shape index (κ1) is 18.6. The van der Waals surface area contributed by atoms with Gasteiger partial charge in [-0.3, -0.25) is 14.4 Å². The lowest BCUT2D eigenvalue weighted by atomic mass is 10.1. The predicted octanol–water partition coefficient (Wildman–Crippen LogP) is 0.457. The highest BCUT2D eigenvalue weighted by atomic mass is 16.4. The number of carbonyl (C=O) groups excluding carboxylic acids is 2.